The molecule has 0 bridgehead atoms. The van der Waals surface area contributed by atoms with E-state index in [-0.39, 0.29) is 6.04 Å². The number of amides is 2. The van der Waals surface area contributed by atoms with E-state index in [1.165, 1.54) is 47.8 Å². The molecule has 2 aliphatic rings. The summed E-state index contributed by atoms with van der Waals surface area (Å²) in [6.07, 6.45) is 6.59. The predicted octanol–water partition coefficient (Wildman–Crippen LogP) is 3.68. The van der Waals surface area contributed by atoms with Crippen LogP contribution in [0.5, 0.6) is 0 Å². The maximum Gasteiger partial charge on any atom is 0.313 e. The maximum atomic E-state index is 12.6. The van der Waals surface area contributed by atoms with E-state index >= 15 is 0 Å². The van der Waals surface area contributed by atoms with Crippen LogP contribution in [0.15, 0.2) is 47.4 Å². The molecule has 2 heterocycles. The van der Waals surface area contributed by atoms with Gasteiger partial charge in [0.25, 0.3) is 0 Å². The molecule has 170 valence electrons. The lowest BCUT2D eigenvalue weighted by Crippen LogP contribution is -2.43. The molecule has 2 aromatic rings. The molecule has 1 unspecified atom stereocenters. The summed E-state index contributed by atoms with van der Waals surface area (Å²) in [6, 6.07) is 14.2. The number of likely N-dealkylation sites (N-methyl/N-ethyl adjacent to an activating group) is 1. The number of carbonyl (C=O) groups is 2. The molecular weight excluding hydrogens is 420 g/mol. The minimum absolute atomic E-state index is 0.0711. The first-order valence-corrected chi connectivity index (χ1v) is 12.6. The number of para-hydroxylation sites is 1. The summed E-state index contributed by atoms with van der Waals surface area (Å²) in [5, 5.41) is 5.65. The van der Waals surface area contributed by atoms with Gasteiger partial charge in [-0.3, -0.25) is 14.5 Å². The lowest BCUT2D eigenvalue weighted by molar-refractivity contribution is -0.136. The molecule has 0 saturated carbocycles. The molecule has 4 rings (SSSR count). The van der Waals surface area contributed by atoms with Gasteiger partial charge in [0.2, 0.25) is 0 Å². The van der Waals surface area contributed by atoms with Gasteiger partial charge in [0.1, 0.15) is 0 Å². The summed E-state index contributed by atoms with van der Waals surface area (Å²) in [6.45, 7) is 3.50. The lowest BCUT2D eigenvalue weighted by Gasteiger charge is -2.35. The molecule has 1 fully saturated rings. The Morgan fingerprint density at radius 3 is 2.59 bits per heavy atom. The highest BCUT2D eigenvalue weighted by Gasteiger charge is 2.26. The molecule has 1 atom stereocenters. The van der Waals surface area contributed by atoms with Gasteiger partial charge in [-0.1, -0.05) is 30.7 Å². The number of carbonyl (C=O) groups excluding carboxylic acids is 2. The molecule has 32 heavy (non-hydrogen) atoms. The molecule has 6 nitrogen and oxygen atoms in total. The number of nitrogens with zero attached hydrogens (tertiary/aromatic N) is 2. The molecule has 2 aliphatic heterocycles. The van der Waals surface area contributed by atoms with Crippen LogP contribution in [0, 0.1) is 0 Å². The normalized spacial score (nSPS) is 17.0. The zero-order valence-electron chi connectivity index (χ0n) is 18.9. The number of fused-ring (bicyclic) bond motifs is 1. The number of likely N-dealkylation sites (tertiary alicyclic amines) is 1. The minimum atomic E-state index is -0.625. The molecule has 0 aromatic heterocycles. The molecule has 0 radical (unpaired) electrons. The van der Waals surface area contributed by atoms with Crippen LogP contribution in [0.1, 0.15) is 36.4 Å². The van der Waals surface area contributed by atoms with Gasteiger partial charge in [-0.25, -0.2) is 0 Å². The highest BCUT2D eigenvalue weighted by atomic mass is 32.2. The van der Waals surface area contributed by atoms with E-state index in [4.69, 9.17) is 0 Å². The van der Waals surface area contributed by atoms with Crippen molar-refractivity contribution in [3.05, 3.63) is 53.6 Å². The van der Waals surface area contributed by atoms with Gasteiger partial charge in [-0.15, -0.1) is 11.8 Å². The minimum Gasteiger partial charge on any atom is -0.374 e. The quantitative estimate of drug-likeness (QED) is 0.517. The van der Waals surface area contributed by atoms with Gasteiger partial charge in [0, 0.05) is 30.7 Å². The van der Waals surface area contributed by atoms with E-state index in [9.17, 15) is 9.59 Å². The number of hydrogen-bond acceptors (Lipinski definition) is 5. The van der Waals surface area contributed by atoms with Crippen LogP contribution in [0.25, 0.3) is 0 Å². The Balaban J connectivity index is 1.45. The summed E-state index contributed by atoms with van der Waals surface area (Å²) < 4.78 is 0. The van der Waals surface area contributed by atoms with Crippen LogP contribution in [0.2, 0.25) is 0 Å². The Kier molecular flexibility index (Phi) is 7.37. The van der Waals surface area contributed by atoms with Crippen molar-refractivity contribution in [2.24, 2.45) is 0 Å². The first kappa shape index (κ1) is 22.7. The van der Waals surface area contributed by atoms with Crippen LogP contribution in [0.3, 0.4) is 0 Å². The third kappa shape index (κ3) is 5.10. The van der Waals surface area contributed by atoms with Crippen LogP contribution >= 0.6 is 11.8 Å². The standard InChI is InChI=1S/C25H32N4O2S/c1-28-15-12-19-16-18(10-11-21(19)28)22(29-13-6-3-7-14-29)17-26-24(30)25(31)27-20-8-4-5-9-23(20)32-2/h4-5,8-11,16,22H,3,6-7,12-15,17H2,1-2H3,(H,26,30)(H,27,31). The van der Waals surface area contributed by atoms with Crippen molar-refractivity contribution in [2.45, 2.75) is 36.6 Å². The summed E-state index contributed by atoms with van der Waals surface area (Å²) >= 11 is 1.54. The number of thioether (sulfide) groups is 1. The van der Waals surface area contributed by atoms with E-state index < -0.39 is 11.8 Å². The summed E-state index contributed by atoms with van der Waals surface area (Å²) in [4.78, 5) is 30.9. The van der Waals surface area contributed by atoms with Crippen LogP contribution in [0.4, 0.5) is 11.4 Å². The van der Waals surface area contributed by atoms with Gasteiger partial charge in [-0.05, 0) is 67.9 Å². The number of rotatable bonds is 6. The monoisotopic (exact) mass is 452 g/mol. The second-order valence-corrected chi connectivity index (χ2v) is 9.38. The van der Waals surface area contributed by atoms with Gasteiger partial charge < -0.3 is 15.5 Å². The fourth-order valence-electron chi connectivity index (χ4n) is 4.68. The van der Waals surface area contributed by atoms with Crippen molar-refractivity contribution >= 4 is 35.0 Å². The largest absolute Gasteiger partial charge is 0.374 e. The number of nitrogens with one attached hydrogen (secondary N) is 2. The third-order valence-corrected chi connectivity index (χ3v) is 7.26. The topological polar surface area (TPSA) is 64.7 Å². The molecule has 2 amide bonds. The highest BCUT2D eigenvalue weighted by molar-refractivity contribution is 7.98. The van der Waals surface area contributed by atoms with Crippen molar-refractivity contribution in [1.29, 1.82) is 0 Å². The molecule has 0 spiro atoms. The fourth-order valence-corrected chi connectivity index (χ4v) is 5.23. The van der Waals surface area contributed by atoms with Crippen molar-refractivity contribution in [3.63, 3.8) is 0 Å². The number of benzene rings is 2. The van der Waals surface area contributed by atoms with Gasteiger partial charge in [0.15, 0.2) is 0 Å². The zero-order chi connectivity index (χ0) is 22.5. The Hall–Kier alpha value is -2.51. The van der Waals surface area contributed by atoms with E-state index in [0.29, 0.717) is 12.2 Å². The second-order valence-electron chi connectivity index (χ2n) is 8.54. The third-order valence-electron chi connectivity index (χ3n) is 6.46. The van der Waals surface area contributed by atoms with Crippen molar-refractivity contribution in [2.75, 3.05) is 49.7 Å². The van der Waals surface area contributed by atoms with E-state index in [1.54, 1.807) is 0 Å². The Morgan fingerprint density at radius 2 is 1.81 bits per heavy atom. The zero-order valence-corrected chi connectivity index (χ0v) is 19.7. The summed E-state index contributed by atoms with van der Waals surface area (Å²) in [5.41, 5.74) is 4.54. The number of hydrogen-bond donors (Lipinski definition) is 2. The first-order chi connectivity index (χ1) is 15.6. The van der Waals surface area contributed by atoms with Crippen molar-refractivity contribution < 1.29 is 9.59 Å². The first-order valence-electron chi connectivity index (χ1n) is 11.4. The predicted molar refractivity (Wildman–Crippen MR) is 131 cm³/mol. The Morgan fingerprint density at radius 1 is 1.03 bits per heavy atom. The Bertz CT molecular complexity index is 974. The molecule has 7 heteroatoms. The van der Waals surface area contributed by atoms with E-state index in [2.05, 4.69) is 45.7 Å². The molecular formula is C25H32N4O2S. The van der Waals surface area contributed by atoms with E-state index in [0.717, 1.165) is 31.0 Å². The van der Waals surface area contributed by atoms with Crippen LogP contribution < -0.4 is 15.5 Å². The van der Waals surface area contributed by atoms with Crippen LogP contribution in [-0.4, -0.2) is 56.2 Å². The van der Waals surface area contributed by atoms with Gasteiger partial charge in [-0.2, -0.15) is 0 Å². The van der Waals surface area contributed by atoms with Crippen molar-refractivity contribution in [3.8, 4) is 0 Å². The molecule has 2 aromatic carbocycles. The highest BCUT2D eigenvalue weighted by Crippen LogP contribution is 2.32. The average molecular weight is 453 g/mol. The van der Waals surface area contributed by atoms with Crippen LogP contribution in [-0.2, 0) is 16.0 Å². The smallest absolute Gasteiger partial charge is 0.313 e. The molecule has 2 N–H and O–H groups in total. The average Bonchev–Trinajstić information content (AvgIpc) is 3.20. The van der Waals surface area contributed by atoms with Gasteiger partial charge >= 0.3 is 11.8 Å². The van der Waals surface area contributed by atoms with E-state index in [1.807, 2.05) is 30.5 Å². The van der Waals surface area contributed by atoms with Gasteiger partial charge in [0.05, 0.1) is 11.7 Å². The second kappa shape index (κ2) is 10.4. The number of anilines is 2. The molecule has 0 aliphatic carbocycles. The maximum absolute atomic E-state index is 12.6. The summed E-state index contributed by atoms with van der Waals surface area (Å²) in [7, 11) is 2.13. The molecule has 1 saturated heterocycles. The fraction of sp³-hybridized carbons (Fsp3) is 0.440. The number of piperidine rings is 1. The SMILES string of the molecule is CSc1ccccc1NC(=O)C(=O)NCC(c1ccc2c(c1)CCN2C)N1CCCCC1. The van der Waals surface area contributed by atoms with Crippen molar-refractivity contribution in [1.82, 2.24) is 10.2 Å². The lowest BCUT2D eigenvalue weighted by atomic mass is 9.98. The Labute approximate surface area is 194 Å². The summed E-state index contributed by atoms with van der Waals surface area (Å²) in [5.74, 6) is -1.22.